The zero-order valence-corrected chi connectivity index (χ0v) is 17.6. The molecule has 0 amide bonds. The number of nitrogens with one attached hydrogen (secondary N) is 1. The number of nitrogens with zero attached hydrogens (tertiary/aromatic N) is 6. The van der Waals surface area contributed by atoms with Crippen LogP contribution in [0.4, 0.5) is 14.7 Å². The van der Waals surface area contributed by atoms with E-state index in [4.69, 9.17) is 0 Å². The van der Waals surface area contributed by atoms with Crippen molar-refractivity contribution < 1.29 is 8.78 Å². The van der Waals surface area contributed by atoms with Crippen molar-refractivity contribution in [2.24, 2.45) is 0 Å². The van der Waals surface area contributed by atoms with Crippen molar-refractivity contribution in [3.05, 3.63) is 95.1 Å². The molecule has 4 heterocycles. The average Bonchev–Trinajstić information content (AvgIpc) is 3.46. The lowest BCUT2D eigenvalue weighted by molar-refractivity contribution is 0.588. The van der Waals surface area contributed by atoms with Crippen LogP contribution in [0.5, 0.6) is 0 Å². The first-order valence-electron chi connectivity index (χ1n) is 10.5. The Kier molecular flexibility index (Phi) is 4.70. The van der Waals surface area contributed by atoms with Crippen LogP contribution < -0.4 is 4.90 Å². The number of benzene rings is 2. The van der Waals surface area contributed by atoms with E-state index in [1.807, 2.05) is 4.90 Å². The van der Waals surface area contributed by atoms with Gasteiger partial charge in [0.2, 0.25) is 11.9 Å². The highest BCUT2D eigenvalue weighted by Gasteiger charge is 2.22. The van der Waals surface area contributed by atoms with E-state index in [0.717, 1.165) is 11.1 Å². The van der Waals surface area contributed by atoms with Gasteiger partial charge in [-0.05, 0) is 59.5 Å². The Hall–Kier alpha value is -4.71. The number of fused-ring (bicyclic) bond motifs is 2. The molecule has 6 rings (SSSR count). The quantitative estimate of drug-likeness (QED) is 0.409. The molecule has 0 atom stereocenters. The number of aromatic amines is 1. The van der Waals surface area contributed by atoms with Gasteiger partial charge in [0.25, 0.3) is 0 Å². The summed E-state index contributed by atoms with van der Waals surface area (Å²) in [6.45, 7) is 1.14. The molecule has 3 aromatic heterocycles. The first-order chi connectivity index (χ1) is 16.6. The average molecular weight is 451 g/mol. The minimum absolute atomic E-state index is 0.253. The van der Waals surface area contributed by atoms with E-state index in [1.165, 1.54) is 6.07 Å². The van der Waals surface area contributed by atoms with E-state index in [1.54, 1.807) is 54.9 Å². The highest BCUT2D eigenvalue weighted by molar-refractivity contribution is 5.80. The summed E-state index contributed by atoms with van der Waals surface area (Å²) in [5, 5.41) is 6.58. The van der Waals surface area contributed by atoms with E-state index in [2.05, 4.69) is 42.0 Å². The highest BCUT2D eigenvalue weighted by Crippen LogP contribution is 2.27. The van der Waals surface area contributed by atoms with Gasteiger partial charge in [0, 0.05) is 31.0 Å². The summed E-state index contributed by atoms with van der Waals surface area (Å²) >= 11 is 0. The lowest BCUT2D eigenvalue weighted by Gasteiger charge is -2.15. The van der Waals surface area contributed by atoms with Crippen LogP contribution in [0.1, 0.15) is 22.4 Å². The van der Waals surface area contributed by atoms with Crippen LogP contribution in [-0.2, 0) is 13.1 Å². The Balaban J connectivity index is 1.26. The second-order valence-corrected chi connectivity index (χ2v) is 7.80. The Labute approximate surface area is 192 Å². The van der Waals surface area contributed by atoms with Gasteiger partial charge in [0.15, 0.2) is 5.82 Å². The number of rotatable bonds is 2. The predicted octanol–water partition coefficient (Wildman–Crippen LogP) is 4.01. The van der Waals surface area contributed by atoms with Gasteiger partial charge in [-0.1, -0.05) is 12.0 Å². The van der Waals surface area contributed by atoms with Crippen molar-refractivity contribution in [3.8, 4) is 23.4 Å². The van der Waals surface area contributed by atoms with Crippen LogP contribution in [-0.4, -0.2) is 30.1 Å². The summed E-state index contributed by atoms with van der Waals surface area (Å²) in [6.07, 6.45) is 3.26. The maximum Gasteiger partial charge on any atom is 0.226 e. The van der Waals surface area contributed by atoms with E-state index in [-0.39, 0.29) is 5.82 Å². The lowest BCUT2D eigenvalue weighted by atomic mass is 10.1. The van der Waals surface area contributed by atoms with Crippen molar-refractivity contribution in [2.45, 2.75) is 13.1 Å². The van der Waals surface area contributed by atoms with Gasteiger partial charge >= 0.3 is 0 Å². The third-order valence-electron chi connectivity index (χ3n) is 5.54. The number of aromatic nitrogens is 6. The molecule has 1 N–H and O–H groups in total. The van der Waals surface area contributed by atoms with Crippen LogP contribution >= 0.6 is 0 Å². The summed E-state index contributed by atoms with van der Waals surface area (Å²) in [4.78, 5) is 19.8. The molecule has 1 aliphatic rings. The molecule has 0 unspecified atom stereocenters. The van der Waals surface area contributed by atoms with Crippen molar-refractivity contribution in [2.75, 3.05) is 4.90 Å². The topological polar surface area (TPSA) is 83.5 Å². The number of hydrogen-bond donors (Lipinski definition) is 1. The summed E-state index contributed by atoms with van der Waals surface area (Å²) in [5.74, 6) is 6.17. The first-order valence-corrected chi connectivity index (χ1v) is 10.5. The largest absolute Gasteiger partial charge is 0.332 e. The van der Waals surface area contributed by atoms with Gasteiger partial charge in [0.05, 0.1) is 10.9 Å². The summed E-state index contributed by atoms with van der Waals surface area (Å²) in [7, 11) is 0. The van der Waals surface area contributed by atoms with Crippen LogP contribution in [0, 0.1) is 23.6 Å². The van der Waals surface area contributed by atoms with E-state index < -0.39 is 5.95 Å². The lowest BCUT2D eigenvalue weighted by Crippen LogP contribution is -2.17. The SMILES string of the molecule is Fc1ccc2c(c1)CN(c1nccc(-c3nccc(C#Cc4ccc5n[nH]c(F)c5c4)n3)n1)C2. The van der Waals surface area contributed by atoms with Gasteiger partial charge in [-0.15, -0.1) is 0 Å². The molecule has 7 nitrogen and oxygen atoms in total. The monoisotopic (exact) mass is 451 g/mol. The Morgan fingerprint density at radius 1 is 0.853 bits per heavy atom. The molecule has 5 aromatic rings. The molecule has 0 spiro atoms. The fourth-order valence-corrected chi connectivity index (χ4v) is 3.87. The second-order valence-electron chi connectivity index (χ2n) is 7.80. The van der Waals surface area contributed by atoms with Crippen molar-refractivity contribution in [3.63, 3.8) is 0 Å². The molecule has 0 fully saturated rings. The summed E-state index contributed by atoms with van der Waals surface area (Å²) in [5.41, 5.74) is 4.22. The molecule has 0 saturated carbocycles. The number of hydrogen-bond acceptors (Lipinski definition) is 6. The standard InChI is InChI=1S/C25H15F2N7/c26-18-4-3-16-13-34(14-17(16)12-18)25-29-10-8-22(31-25)24-28-9-7-19(30-24)5-1-15-2-6-21-20(11-15)23(27)33-32-21/h2-4,6-12H,13-14H2,(H,32,33). The van der Waals surface area contributed by atoms with Gasteiger partial charge in [0.1, 0.15) is 17.2 Å². The highest BCUT2D eigenvalue weighted by atomic mass is 19.1. The number of anilines is 1. The number of H-pyrrole nitrogens is 1. The molecular formula is C25H15F2N7. The second kappa shape index (κ2) is 8.01. The molecule has 9 heteroatoms. The van der Waals surface area contributed by atoms with Crippen molar-refractivity contribution in [1.29, 1.82) is 0 Å². The van der Waals surface area contributed by atoms with E-state index >= 15 is 0 Å². The predicted molar refractivity (Wildman–Crippen MR) is 121 cm³/mol. The van der Waals surface area contributed by atoms with Crippen molar-refractivity contribution >= 4 is 16.9 Å². The molecular weight excluding hydrogens is 436 g/mol. The van der Waals surface area contributed by atoms with Crippen LogP contribution in [0.2, 0.25) is 0 Å². The van der Waals surface area contributed by atoms with Gasteiger partial charge in [-0.25, -0.2) is 24.3 Å². The fourth-order valence-electron chi connectivity index (χ4n) is 3.87. The van der Waals surface area contributed by atoms with Gasteiger partial charge < -0.3 is 4.90 Å². The summed E-state index contributed by atoms with van der Waals surface area (Å²) in [6, 6.07) is 13.3. The maximum atomic E-state index is 13.8. The Bertz CT molecular complexity index is 1620. The van der Waals surface area contributed by atoms with Gasteiger partial charge in [-0.3, -0.25) is 5.10 Å². The molecule has 0 aliphatic carbocycles. The molecule has 1 aliphatic heterocycles. The Morgan fingerprint density at radius 2 is 1.74 bits per heavy atom. The molecule has 0 radical (unpaired) electrons. The molecule has 34 heavy (non-hydrogen) atoms. The molecule has 164 valence electrons. The van der Waals surface area contributed by atoms with Crippen LogP contribution in [0.3, 0.4) is 0 Å². The van der Waals surface area contributed by atoms with Crippen LogP contribution in [0.25, 0.3) is 22.4 Å². The van der Waals surface area contributed by atoms with E-state index in [9.17, 15) is 8.78 Å². The normalized spacial score (nSPS) is 12.5. The molecule has 0 saturated heterocycles. The molecule has 2 aromatic carbocycles. The molecule has 0 bridgehead atoms. The zero-order chi connectivity index (χ0) is 23.1. The summed E-state index contributed by atoms with van der Waals surface area (Å²) < 4.78 is 27.3. The zero-order valence-electron chi connectivity index (χ0n) is 17.6. The van der Waals surface area contributed by atoms with Gasteiger partial charge in [-0.2, -0.15) is 9.49 Å². The van der Waals surface area contributed by atoms with Crippen LogP contribution in [0.15, 0.2) is 60.9 Å². The fraction of sp³-hybridized carbons (Fsp3) is 0.0800. The van der Waals surface area contributed by atoms with Crippen molar-refractivity contribution in [1.82, 2.24) is 30.1 Å². The third kappa shape index (κ3) is 3.71. The minimum Gasteiger partial charge on any atom is -0.332 e. The van der Waals surface area contributed by atoms with E-state index in [0.29, 0.717) is 52.7 Å². The first kappa shape index (κ1) is 19.9. The Morgan fingerprint density at radius 3 is 2.68 bits per heavy atom. The third-order valence-corrected chi connectivity index (χ3v) is 5.54. The minimum atomic E-state index is -0.492. The number of halogens is 2. The smallest absolute Gasteiger partial charge is 0.226 e. The maximum absolute atomic E-state index is 13.8.